The van der Waals surface area contributed by atoms with Crippen molar-refractivity contribution in [3.63, 3.8) is 0 Å². The van der Waals surface area contributed by atoms with Gasteiger partial charge in [0, 0.05) is 6.54 Å². The lowest BCUT2D eigenvalue weighted by molar-refractivity contribution is -0.192. The number of hydrogen-bond donors (Lipinski definition) is 1. The number of aliphatic carboxylic acids is 1. The zero-order valence-electron chi connectivity index (χ0n) is 14.8. The number of aromatic nitrogens is 2. The molecule has 1 unspecified atom stereocenters. The van der Waals surface area contributed by atoms with Gasteiger partial charge < -0.3 is 5.11 Å². The van der Waals surface area contributed by atoms with Gasteiger partial charge >= 0.3 is 12.1 Å². The predicted octanol–water partition coefficient (Wildman–Crippen LogP) is 3.26. The Balaban J connectivity index is 0.000000298. The Kier molecular flexibility index (Phi) is 6.81. The molecule has 0 radical (unpaired) electrons. The maximum Gasteiger partial charge on any atom is 0.490 e. The van der Waals surface area contributed by atoms with Crippen molar-refractivity contribution in [1.29, 1.82) is 5.26 Å². The Hall–Kier alpha value is -1.89. The van der Waals surface area contributed by atoms with Crippen LogP contribution in [0.25, 0.3) is 0 Å². The van der Waals surface area contributed by atoms with Crippen molar-refractivity contribution in [2.75, 3.05) is 13.1 Å². The molecule has 1 aromatic heterocycles. The van der Waals surface area contributed by atoms with Gasteiger partial charge in [0.25, 0.3) is 0 Å². The van der Waals surface area contributed by atoms with Crippen LogP contribution in [0.4, 0.5) is 13.2 Å². The van der Waals surface area contributed by atoms with Crippen molar-refractivity contribution in [2.45, 2.75) is 70.3 Å². The number of carbonyl (C=O) groups is 1. The molecule has 0 aromatic carbocycles. The number of likely N-dealkylation sites (tertiary alicyclic amines) is 1. The van der Waals surface area contributed by atoms with E-state index in [1.54, 1.807) is 0 Å². The molecule has 1 aromatic rings. The number of hydrogen-bond acceptors (Lipinski definition) is 4. The van der Waals surface area contributed by atoms with Gasteiger partial charge in [0.05, 0.1) is 24.7 Å². The summed E-state index contributed by atoms with van der Waals surface area (Å²) in [6, 6.07) is 3.10. The van der Waals surface area contributed by atoms with Gasteiger partial charge in [-0.05, 0) is 51.0 Å². The third-order valence-corrected chi connectivity index (χ3v) is 5.00. The van der Waals surface area contributed by atoms with Gasteiger partial charge in [-0.1, -0.05) is 16.6 Å². The fourth-order valence-electron chi connectivity index (χ4n) is 3.39. The highest BCUT2D eigenvalue weighted by molar-refractivity contribution is 5.73. The van der Waals surface area contributed by atoms with E-state index in [1.165, 1.54) is 25.7 Å². The topological polar surface area (TPSA) is 87.3 Å². The zero-order valence-corrected chi connectivity index (χ0v) is 14.8. The third kappa shape index (κ3) is 5.83. The molecule has 1 saturated carbocycles. The number of alkyl halides is 3. The zero-order chi connectivity index (χ0) is 19.3. The van der Waals surface area contributed by atoms with Crippen molar-refractivity contribution in [3.05, 3.63) is 0 Å². The standard InChI is InChI=1S/C14H24N4O.C2HF3O2/c1-12-4-6-13(7-5-12)18-17(19-18)10-9-16-8-2-3-14(16)11-15;3-2(4,5)1(6)7/h12-14H,2-10H2,1H3;(H,6,7). The lowest BCUT2D eigenvalue weighted by Gasteiger charge is -2.22. The Morgan fingerprint density at radius 2 is 1.85 bits per heavy atom. The second-order valence-electron chi connectivity index (χ2n) is 7.00. The minimum absolute atomic E-state index is 0.129. The third-order valence-electron chi connectivity index (χ3n) is 5.00. The largest absolute Gasteiger partial charge is 0.490 e. The van der Waals surface area contributed by atoms with Crippen LogP contribution in [-0.4, -0.2) is 51.0 Å². The Bertz CT molecular complexity index is 605. The molecule has 0 spiro atoms. The van der Waals surface area contributed by atoms with Crippen molar-refractivity contribution in [3.8, 4) is 6.07 Å². The molecule has 1 saturated heterocycles. The van der Waals surface area contributed by atoms with Gasteiger partial charge in [-0.2, -0.15) is 18.4 Å². The molecule has 3 rings (SSSR count). The van der Waals surface area contributed by atoms with E-state index < -0.39 is 12.1 Å². The number of halogens is 3. The summed E-state index contributed by atoms with van der Waals surface area (Å²) < 4.78 is 37.3. The number of rotatable bonds is 4. The molecular weight excluding hydrogens is 353 g/mol. The highest BCUT2D eigenvalue weighted by Gasteiger charge is 2.38. The van der Waals surface area contributed by atoms with Crippen molar-refractivity contribution < 1.29 is 27.7 Å². The number of carboxylic acids is 1. The normalized spacial score (nSPS) is 27.0. The summed E-state index contributed by atoms with van der Waals surface area (Å²) in [5.41, 5.74) is 0. The van der Waals surface area contributed by atoms with E-state index in [0.29, 0.717) is 6.04 Å². The smallest absolute Gasteiger partial charge is 0.475 e. The Morgan fingerprint density at radius 1 is 1.23 bits per heavy atom. The predicted molar refractivity (Wildman–Crippen MR) is 85.3 cm³/mol. The molecule has 26 heavy (non-hydrogen) atoms. The van der Waals surface area contributed by atoms with Crippen LogP contribution in [0.15, 0.2) is 4.63 Å². The highest BCUT2D eigenvalue weighted by atomic mass is 19.4. The Labute approximate surface area is 149 Å². The number of carboxylic acid groups (broad SMARTS) is 1. The van der Waals surface area contributed by atoms with Crippen LogP contribution in [0.1, 0.15) is 51.5 Å². The lowest BCUT2D eigenvalue weighted by atomic mass is 9.88. The monoisotopic (exact) mass is 378 g/mol. The van der Waals surface area contributed by atoms with E-state index in [0.717, 1.165) is 38.4 Å². The second kappa shape index (κ2) is 8.66. The summed E-state index contributed by atoms with van der Waals surface area (Å²) in [5, 5.41) is 16.2. The van der Waals surface area contributed by atoms with Crippen LogP contribution < -0.4 is 0 Å². The van der Waals surface area contributed by atoms with E-state index in [-0.39, 0.29) is 6.04 Å². The molecular formula is C16H25F3N4O3. The van der Waals surface area contributed by atoms with Gasteiger partial charge in [0.15, 0.2) is 0 Å². The van der Waals surface area contributed by atoms with E-state index in [1.807, 2.05) is 4.85 Å². The van der Waals surface area contributed by atoms with Crippen molar-refractivity contribution >= 4 is 5.97 Å². The fourth-order valence-corrected chi connectivity index (χ4v) is 3.39. The molecule has 0 amide bonds. The van der Waals surface area contributed by atoms with Gasteiger partial charge in [-0.25, -0.2) is 4.79 Å². The summed E-state index contributed by atoms with van der Waals surface area (Å²) in [6.07, 6.45) is 2.25. The molecule has 1 atom stereocenters. The number of nitriles is 1. The molecule has 1 aliphatic heterocycles. The first-order valence-electron chi connectivity index (χ1n) is 8.91. The van der Waals surface area contributed by atoms with E-state index >= 15 is 0 Å². The van der Waals surface area contributed by atoms with Crippen LogP contribution in [-0.2, 0) is 11.3 Å². The van der Waals surface area contributed by atoms with Gasteiger partial charge in [0.1, 0.15) is 0 Å². The summed E-state index contributed by atoms with van der Waals surface area (Å²) in [4.78, 5) is 15.2. The van der Waals surface area contributed by atoms with Gasteiger partial charge in [-0.3, -0.25) is 9.53 Å². The van der Waals surface area contributed by atoms with E-state index in [4.69, 9.17) is 19.8 Å². The minimum Gasteiger partial charge on any atom is -0.475 e. The number of nitrogens with zero attached hydrogens (tertiary/aromatic N) is 4. The van der Waals surface area contributed by atoms with Crippen molar-refractivity contribution in [2.24, 2.45) is 5.92 Å². The van der Waals surface area contributed by atoms with Crippen LogP contribution >= 0.6 is 0 Å². The molecule has 10 heteroatoms. The molecule has 2 fully saturated rings. The molecule has 148 valence electrons. The first-order valence-corrected chi connectivity index (χ1v) is 8.91. The van der Waals surface area contributed by atoms with Crippen LogP contribution in [0, 0.1) is 17.2 Å². The Morgan fingerprint density at radius 3 is 2.38 bits per heavy atom. The van der Waals surface area contributed by atoms with Crippen LogP contribution in [0.3, 0.4) is 0 Å². The van der Waals surface area contributed by atoms with Gasteiger partial charge in [0.2, 0.25) is 0 Å². The van der Waals surface area contributed by atoms with Crippen LogP contribution in [0.2, 0.25) is 0 Å². The van der Waals surface area contributed by atoms with Crippen LogP contribution in [0.5, 0.6) is 0 Å². The minimum atomic E-state index is -5.08. The molecule has 7 nitrogen and oxygen atoms in total. The first kappa shape index (κ1) is 20.4. The maximum atomic E-state index is 10.6. The van der Waals surface area contributed by atoms with E-state index in [9.17, 15) is 13.2 Å². The fraction of sp³-hybridized carbons (Fsp3) is 0.875. The lowest BCUT2D eigenvalue weighted by Crippen LogP contribution is -2.31. The molecule has 1 N–H and O–H groups in total. The molecule has 0 bridgehead atoms. The summed E-state index contributed by atoms with van der Waals surface area (Å²) >= 11 is 0. The summed E-state index contributed by atoms with van der Waals surface area (Å²) in [6.45, 7) is 5.24. The maximum absolute atomic E-state index is 10.6. The average molecular weight is 378 g/mol. The summed E-state index contributed by atoms with van der Waals surface area (Å²) in [5.74, 6) is -1.88. The quantitative estimate of drug-likeness (QED) is 0.869. The first-order chi connectivity index (χ1) is 12.2. The summed E-state index contributed by atoms with van der Waals surface area (Å²) in [7, 11) is 0. The highest BCUT2D eigenvalue weighted by Crippen LogP contribution is 2.33. The molecule has 2 heterocycles. The average Bonchev–Trinajstić information content (AvgIpc) is 3.21. The SMILES string of the molecule is CC1CCC(n2on2CCN2CCCC2C#N)CC1.O=C(O)C(F)(F)F. The van der Waals surface area contributed by atoms with Crippen molar-refractivity contribution in [1.82, 2.24) is 14.6 Å². The second-order valence-corrected chi connectivity index (χ2v) is 7.00. The molecule has 2 aliphatic rings. The van der Waals surface area contributed by atoms with E-state index in [2.05, 4.69) is 22.7 Å². The molecule has 1 aliphatic carbocycles. The van der Waals surface area contributed by atoms with Gasteiger partial charge in [-0.15, -0.1) is 0 Å².